The number of hydrogen-bond donors (Lipinski definition) is 4. The van der Waals surface area contributed by atoms with Gasteiger partial charge < -0.3 is 30.3 Å². The van der Waals surface area contributed by atoms with Crippen molar-refractivity contribution in [2.75, 3.05) is 11.1 Å². The highest BCUT2D eigenvalue weighted by Crippen LogP contribution is 2.48. The Morgan fingerprint density at radius 3 is 2.08 bits per heavy atom. The molecular weight excluding hydrogens is 677 g/mol. The molecule has 0 bridgehead atoms. The number of urea groups is 1. The Morgan fingerprint density at radius 1 is 0.750 bits per heavy atom. The molecule has 4 N–H and O–H groups in total. The maximum absolute atomic E-state index is 13.1. The summed E-state index contributed by atoms with van der Waals surface area (Å²) in [5.74, 6) is -0.815. The van der Waals surface area contributed by atoms with E-state index >= 15 is 0 Å². The predicted octanol–water partition coefficient (Wildman–Crippen LogP) is 7.93. The third-order valence-corrected chi connectivity index (χ3v) is 10.1. The van der Waals surface area contributed by atoms with E-state index in [-0.39, 0.29) is 30.0 Å². The highest BCUT2D eigenvalue weighted by molar-refractivity contribution is 7.99. The minimum Gasteiger partial charge on any atom is -0.478 e. The van der Waals surface area contributed by atoms with Crippen LogP contribution >= 0.6 is 11.8 Å². The maximum Gasteiger partial charge on any atom is 0.335 e. The van der Waals surface area contributed by atoms with Gasteiger partial charge >= 0.3 is 12.0 Å². The Morgan fingerprint density at radius 2 is 1.42 bits per heavy atom. The molecule has 1 fully saturated rings. The van der Waals surface area contributed by atoms with E-state index in [0.29, 0.717) is 23.4 Å². The lowest BCUT2D eigenvalue weighted by Gasteiger charge is -2.43. The number of hydrogen-bond acceptors (Lipinski definition) is 7. The molecule has 2 amide bonds. The second-order valence-corrected chi connectivity index (χ2v) is 13.7. The fraction of sp³-hybridized carbons (Fsp3) is 0.214. The molecule has 1 aliphatic rings. The van der Waals surface area contributed by atoms with E-state index in [1.54, 1.807) is 48.2 Å². The number of carbonyl (C=O) groups excluding carboxylic acids is 2. The highest BCUT2D eigenvalue weighted by Gasteiger charge is 2.42. The summed E-state index contributed by atoms with van der Waals surface area (Å²) in [6.07, 6.45) is -1.24. The summed E-state index contributed by atoms with van der Waals surface area (Å²) in [6, 6.07) is 40.1. The molecule has 5 aromatic carbocycles. The number of ether oxygens (including phenoxy) is 2. The molecule has 0 aliphatic carbocycles. The summed E-state index contributed by atoms with van der Waals surface area (Å²) in [7, 11) is 0. The first-order valence-corrected chi connectivity index (χ1v) is 18.0. The molecule has 1 saturated heterocycles. The van der Waals surface area contributed by atoms with Crippen LogP contribution in [0.5, 0.6) is 0 Å². The van der Waals surface area contributed by atoms with E-state index in [9.17, 15) is 24.6 Å². The Balaban J connectivity index is 1.27. The van der Waals surface area contributed by atoms with Crippen LogP contribution in [0, 0.1) is 0 Å². The van der Waals surface area contributed by atoms with Crippen molar-refractivity contribution in [1.82, 2.24) is 5.32 Å². The fourth-order valence-corrected chi connectivity index (χ4v) is 7.23. The van der Waals surface area contributed by atoms with Crippen molar-refractivity contribution in [3.63, 3.8) is 0 Å². The summed E-state index contributed by atoms with van der Waals surface area (Å²) in [5.41, 5.74) is 5.09. The Bertz CT molecular complexity index is 1960. The lowest BCUT2D eigenvalue weighted by molar-refractivity contribution is -0.255. The largest absolute Gasteiger partial charge is 0.478 e. The number of carboxylic acids is 1. The maximum atomic E-state index is 13.1. The SMILES string of the molecule is CC(=O)[C@@H](Cc1ccccc1)NC(=O)Nc1cccc(C2O[C@H](CSc3ccc(C(=O)O)cc3)[C@@H](c3ccccc3)[C@H](c3ccc(CO)cc3)O2)c1. The number of nitrogens with one attached hydrogen (secondary N) is 2. The van der Waals surface area contributed by atoms with Crippen LogP contribution in [0.2, 0.25) is 0 Å². The monoisotopic (exact) mass is 716 g/mol. The van der Waals surface area contributed by atoms with Crippen molar-refractivity contribution in [2.45, 2.75) is 55.3 Å². The van der Waals surface area contributed by atoms with Gasteiger partial charge in [-0.25, -0.2) is 9.59 Å². The summed E-state index contributed by atoms with van der Waals surface area (Å²) in [6.45, 7) is 1.38. The standard InChI is InChI=1S/C42H40N2O7S/c1-27(46)36(23-28-9-4-2-5-10-28)44-42(49)43-34-14-8-13-33(24-34)41-50-37(26-52-35-21-19-32(20-22-35)40(47)48)38(30-11-6-3-7-12-30)39(51-41)31-17-15-29(25-45)16-18-31/h2-22,24,36-39,41,45H,23,25-26H2,1H3,(H,47,48)(H2,43,44,49)/t36-,37-,38-,39+,41?/m1/s1. The van der Waals surface area contributed by atoms with E-state index in [0.717, 1.165) is 27.1 Å². The van der Waals surface area contributed by atoms with Crippen LogP contribution in [0.4, 0.5) is 10.5 Å². The van der Waals surface area contributed by atoms with Gasteiger partial charge in [0.05, 0.1) is 30.4 Å². The number of aliphatic hydroxyl groups excluding tert-OH is 1. The average Bonchev–Trinajstić information content (AvgIpc) is 3.17. The van der Waals surface area contributed by atoms with Gasteiger partial charge in [-0.1, -0.05) is 97.1 Å². The van der Waals surface area contributed by atoms with Gasteiger partial charge in [0.2, 0.25) is 0 Å². The van der Waals surface area contributed by atoms with E-state index in [1.165, 1.54) is 6.92 Å². The van der Waals surface area contributed by atoms with E-state index in [1.807, 2.05) is 84.9 Å². The first kappa shape index (κ1) is 36.5. The van der Waals surface area contributed by atoms with Crippen molar-refractivity contribution in [3.8, 4) is 0 Å². The topological polar surface area (TPSA) is 134 Å². The average molecular weight is 717 g/mol. The first-order chi connectivity index (χ1) is 25.3. The molecule has 0 spiro atoms. The van der Waals surface area contributed by atoms with Gasteiger partial charge in [0.15, 0.2) is 12.1 Å². The van der Waals surface area contributed by atoms with Crippen molar-refractivity contribution >= 4 is 35.2 Å². The molecular formula is C42H40N2O7S. The smallest absolute Gasteiger partial charge is 0.335 e. The first-order valence-electron chi connectivity index (χ1n) is 17.0. The molecule has 9 nitrogen and oxygen atoms in total. The fourth-order valence-electron chi connectivity index (χ4n) is 6.26. The third-order valence-electron chi connectivity index (χ3n) is 8.98. The number of amides is 2. The zero-order valence-corrected chi connectivity index (χ0v) is 29.4. The molecule has 1 unspecified atom stereocenters. The number of ketones is 1. The van der Waals surface area contributed by atoms with Crippen LogP contribution in [-0.4, -0.2) is 45.9 Å². The van der Waals surface area contributed by atoms with Crippen LogP contribution in [0.3, 0.4) is 0 Å². The minimum absolute atomic E-state index is 0.0770. The van der Waals surface area contributed by atoms with E-state index in [4.69, 9.17) is 9.47 Å². The molecule has 5 atom stereocenters. The van der Waals surface area contributed by atoms with Crippen molar-refractivity contribution in [3.05, 3.63) is 167 Å². The van der Waals surface area contributed by atoms with Gasteiger partial charge in [-0.3, -0.25) is 4.79 Å². The van der Waals surface area contributed by atoms with E-state index in [2.05, 4.69) is 22.8 Å². The van der Waals surface area contributed by atoms with Gasteiger partial charge in [0.25, 0.3) is 0 Å². The normalized spacial score (nSPS) is 19.0. The molecule has 1 heterocycles. The number of carboxylic acid groups (broad SMARTS) is 1. The van der Waals surface area contributed by atoms with Crippen LogP contribution in [0.15, 0.2) is 138 Å². The Labute approximate surface area is 307 Å². The van der Waals surface area contributed by atoms with Crippen LogP contribution in [0.25, 0.3) is 0 Å². The molecule has 5 aromatic rings. The molecule has 0 radical (unpaired) electrons. The Kier molecular flexibility index (Phi) is 12.2. The molecule has 0 aromatic heterocycles. The number of Topliss-reactive ketones (excluding diaryl/α,β-unsaturated/α-hetero) is 1. The quantitative estimate of drug-likeness (QED) is 0.0904. The zero-order chi connectivity index (χ0) is 36.5. The third kappa shape index (κ3) is 9.34. The lowest BCUT2D eigenvalue weighted by atomic mass is 9.84. The highest BCUT2D eigenvalue weighted by atomic mass is 32.2. The van der Waals surface area contributed by atoms with Crippen LogP contribution < -0.4 is 10.6 Å². The van der Waals surface area contributed by atoms with Crippen molar-refractivity contribution in [2.24, 2.45) is 0 Å². The molecule has 1 aliphatic heterocycles. The summed E-state index contributed by atoms with van der Waals surface area (Å²) < 4.78 is 13.6. The molecule has 266 valence electrons. The van der Waals surface area contributed by atoms with Crippen LogP contribution in [0.1, 0.15) is 63.4 Å². The molecule has 6 rings (SSSR count). The lowest BCUT2D eigenvalue weighted by Crippen LogP contribution is -2.43. The van der Waals surface area contributed by atoms with Gasteiger partial charge in [0, 0.05) is 27.8 Å². The Hall–Kier alpha value is -5.26. The molecule has 0 saturated carbocycles. The van der Waals surface area contributed by atoms with Gasteiger partial charge in [-0.05, 0) is 72.0 Å². The second-order valence-electron chi connectivity index (χ2n) is 12.6. The zero-order valence-electron chi connectivity index (χ0n) is 28.6. The second kappa shape index (κ2) is 17.3. The number of benzene rings is 5. The van der Waals surface area contributed by atoms with Gasteiger partial charge in [-0.2, -0.15) is 0 Å². The number of aliphatic hydroxyl groups is 1. The molecule has 52 heavy (non-hydrogen) atoms. The molecule has 10 heteroatoms. The van der Waals surface area contributed by atoms with Crippen molar-refractivity contribution in [1.29, 1.82) is 0 Å². The number of thioether (sulfide) groups is 1. The van der Waals surface area contributed by atoms with E-state index < -0.39 is 30.4 Å². The summed E-state index contributed by atoms with van der Waals surface area (Å²) in [5, 5.41) is 24.8. The van der Waals surface area contributed by atoms with Gasteiger partial charge in [-0.15, -0.1) is 11.8 Å². The summed E-state index contributed by atoms with van der Waals surface area (Å²) >= 11 is 1.57. The number of rotatable bonds is 13. The number of anilines is 1. The van der Waals surface area contributed by atoms with Crippen LogP contribution in [-0.2, 0) is 27.3 Å². The van der Waals surface area contributed by atoms with Gasteiger partial charge in [0.1, 0.15) is 0 Å². The van der Waals surface area contributed by atoms with Crippen molar-refractivity contribution < 1.29 is 34.1 Å². The predicted molar refractivity (Wildman–Crippen MR) is 200 cm³/mol. The summed E-state index contributed by atoms with van der Waals surface area (Å²) in [4.78, 5) is 37.9. The minimum atomic E-state index is -0.980. The number of carbonyl (C=O) groups is 3. The number of aromatic carboxylic acids is 1.